The van der Waals surface area contributed by atoms with Gasteiger partial charge in [0, 0.05) is 30.6 Å². The van der Waals surface area contributed by atoms with Crippen molar-refractivity contribution in [1.29, 1.82) is 0 Å². The number of hydrogen-bond acceptors (Lipinski definition) is 7. The van der Waals surface area contributed by atoms with Crippen LogP contribution in [0, 0.1) is 0 Å². The number of amides is 3. The quantitative estimate of drug-likeness (QED) is 0.255. The number of nitrogens with one attached hydrogen (secondary N) is 2. The average molecular weight is 558 g/mol. The number of hydrogen-bond donors (Lipinski definition) is 3. The molecule has 13 heteroatoms. The Bertz CT molecular complexity index is 1410. The van der Waals surface area contributed by atoms with E-state index in [-0.39, 0.29) is 18.8 Å². The fourth-order valence-electron chi connectivity index (χ4n) is 4.06. The third-order valence-electron chi connectivity index (χ3n) is 5.99. The highest BCUT2D eigenvalue weighted by molar-refractivity contribution is 7.87. The maximum atomic E-state index is 13.0. The Morgan fingerprint density at radius 2 is 1.71 bits per heavy atom. The maximum absolute atomic E-state index is 13.0. The predicted molar refractivity (Wildman–Crippen MR) is 143 cm³/mol. The highest BCUT2D eigenvalue weighted by Crippen LogP contribution is 2.28. The van der Waals surface area contributed by atoms with Crippen LogP contribution in [0.3, 0.4) is 0 Å². The van der Waals surface area contributed by atoms with Crippen molar-refractivity contribution in [2.45, 2.75) is 19.4 Å². The lowest BCUT2D eigenvalue weighted by atomic mass is 10.0. The van der Waals surface area contributed by atoms with Gasteiger partial charge >= 0.3 is 22.1 Å². The Labute approximate surface area is 224 Å². The molecule has 11 nitrogen and oxygen atoms in total. The summed E-state index contributed by atoms with van der Waals surface area (Å²) in [4.78, 5) is 45.1. The number of benzene rings is 2. The molecule has 1 fully saturated rings. The van der Waals surface area contributed by atoms with E-state index in [1.807, 2.05) is 40.4 Å². The molecular weight excluding hydrogens is 530 g/mol. The summed E-state index contributed by atoms with van der Waals surface area (Å²) < 4.78 is 33.1. The third kappa shape index (κ3) is 6.94. The molecule has 2 heterocycles. The number of carbonyl (C=O) groups is 3. The van der Waals surface area contributed by atoms with Crippen molar-refractivity contribution in [1.82, 2.24) is 20.1 Å². The second-order valence-electron chi connectivity index (χ2n) is 8.65. The topological polar surface area (TPSA) is 149 Å². The van der Waals surface area contributed by atoms with Crippen LogP contribution in [-0.2, 0) is 31.1 Å². The largest absolute Gasteiger partial charge is 0.357 e. The van der Waals surface area contributed by atoms with Gasteiger partial charge in [-0.25, -0.2) is 4.98 Å². The normalized spacial score (nSPS) is 14.9. The van der Waals surface area contributed by atoms with Crippen molar-refractivity contribution >= 4 is 45.0 Å². The Morgan fingerprint density at radius 1 is 1.05 bits per heavy atom. The van der Waals surface area contributed by atoms with Gasteiger partial charge in [-0.05, 0) is 31.0 Å². The molecule has 1 aliphatic heterocycles. The Kier molecular flexibility index (Phi) is 8.39. The van der Waals surface area contributed by atoms with Crippen LogP contribution in [-0.4, -0.2) is 71.7 Å². The fourth-order valence-corrected chi connectivity index (χ4v) is 5.38. The van der Waals surface area contributed by atoms with Gasteiger partial charge in [0.25, 0.3) is 0 Å². The summed E-state index contributed by atoms with van der Waals surface area (Å²) in [6, 6.07) is 15.4. The molecule has 200 valence electrons. The van der Waals surface area contributed by atoms with Gasteiger partial charge in [-0.3, -0.25) is 23.7 Å². The maximum Gasteiger partial charge on any atom is 0.357 e. The monoisotopic (exact) mass is 557 g/mol. The van der Waals surface area contributed by atoms with E-state index < -0.39 is 34.1 Å². The van der Waals surface area contributed by atoms with Crippen LogP contribution in [0.25, 0.3) is 10.6 Å². The predicted octanol–water partition coefficient (Wildman–Crippen LogP) is 2.12. The molecule has 3 aromatic rings. The Hall–Kier alpha value is -3.81. The van der Waals surface area contributed by atoms with Crippen molar-refractivity contribution in [3.8, 4) is 10.6 Å². The molecule has 3 amide bonds. The smallest absolute Gasteiger partial charge is 0.346 e. The minimum Gasteiger partial charge on any atom is -0.346 e. The second-order valence-corrected chi connectivity index (χ2v) is 10.7. The van der Waals surface area contributed by atoms with Gasteiger partial charge in [0.2, 0.25) is 5.91 Å². The molecule has 1 saturated heterocycles. The van der Waals surface area contributed by atoms with Gasteiger partial charge in [0.05, 0.1) is 17.4 Å². The molecule has 4 rings (SSSR count). The average Bonchev–Trinajstić information content (AvgIpc) is 3.38. The van der Waals surface area contributed by atoms with Crippen LogP contribution >= 0.6 is 11.3 Å². The minimum atomic E-state index is -4.40. The number of nitrogens with zero attached hydrogens (tertiary/aromatic N) is 3. The third-order valence-corrected chi connectivity index (χ3v) is 7.39. The van der Waals surface area contributed by atoms with E-state index in [2.05, 4.69) is 5.32 Å². The summed E-state index contributed by atoms with van der Waals surface area (Å²) in [6.45, 7) is 2.60. The first-order chi connectivity index (χ1) is 18.1. The SMILES string of the molecule is CCN1CCN(CC(=O)NC(Cc2ccc(NS(=O)(=O)O)cc2)c2csc(-c3ccccc3)n2)C(=O)C1=O. The molecule has 1 atom stereocenters. The van der Waals surface area contributed by atoms with E-state index in [0.29, 0.717) is 25.2 Å². The van der Waals surface area contributed by atoms with Crippen molar-refractivity contribution in [3.05, 3.63) is 71.2 Å². The van der Waals surface area contributed by atoms with Gasteiger partial charge in [-0.15, -0.1) is 11.3 Å². The summed E-state index contributed by atoms with van der Waals surface area (Å²) in [6.07, 6.45) is 0.326. The molecule has 0 saturated carbocycles. The lowest BCUT2D eigenvalue weighted by Gasteiger charge is -2.33. The number of carbonyl (C=O) groups excluding carboxylic acids is 3. The van der Waals surface area contributed by atoms with Crippen LogP contribution < -0.4 is 10.0 Å². The zero-order chi connectivity index (χ0) is 27.3. The summed E-state index contributed by atoms with van der Waals surface area (Å²) in [5.74, 6) is -1.75. The molecule has 1 unspecified atom stereocenters. The number of anilines is 1. The second kappa shape index (κ2) is 11.7. The summed E-state index contributed by atoms with van der Waals surface area (Å²) >= 11 is 1.43. The molecule has 0 bridgehead atoms. The molecule has 0 spiro atoms. The van der Waals surface area contributed by atoms with Crippen LogP contribution in [0.1, 0.15) is 24.2 Å². The van der Waals surface area contributed by atoms with Gasteiger partial charge < -0.3 is 15.1 Å². The first-order valence-corrected chi connectivity index (χ1v) is 14.2. The summed E-state index contributed by atoms with van der Waals surface area (Å²) in [5, 5.41) is 5.58. The van der Waals surface area contributed by atoms with E-state index in [9.17, 15) is 22.8 Å². The zero-order valence-electron chi connectivity index (χ0n) is 20.5. The number of aromatic nitrogens is 1. The van der Waals surface area contributed by atoms with E-state index in [4.69, 9.17) is 9.54 Å². The molecule has 0 radical (unpaired) electrons. The van der Waals surface area contributed by atoms with Crippen LogP contribution in [0.5, 0.6) is 0 Å². The van der Waals surface area contributed by atoms with E-state index in [1.165, 1.54) is 33.3 Å². The Morgan fingerprint density at radius 3 is 2.37 bits per heavy atom. The van der Waals surface area contributed by atoms with E-state index in [1.54, 1.807) is 19.1 Å². The van der Waals surface area contributed by atoms with Gasteiger partial charge in [-0.1, -0.05) is 42.5 Å². The van der Waals surface area contributed by atoms with Crippen LogP contribution in [0.15, 0.2) is 60.0 Å². The molecule has 38 heavy (non-hydrogen) atoms. The van der Waals surface area contributed by atoms with Crippen molar-refractivity contribution < 1.29 is 27.4 Å². The minimum absolute atomic E-state index is 0.186. The van der Waals surface area contributed by atoms with Crippen LogP contribution in [0.2, 0.25) is 0 Å². The van der Waals surface area contributed by atoms with Gasteiger partial charge in [0.1, 0.15) is 11.6 Å². The molecule has 1 aliphatic rings. The molecule has 1 aromatic heterocycles. The lowest BCUT2D eigenvalue weighted by Crippen LogP contribution is -2.56. The molecule has 3 N–H and O–H groups in total. The molecule has 2 aromatic carbocycles. The Balaban J connectivity index is 1.52. The zero-order valence-corrected chi connectivity index (χ0v) is 22.2. The number of thiazole rings is 1. The van der Waals surface area contributed by atoms with Gasteiger partial charge in [-0.2, -0.15) is 8.42 Å². The summed E-state index contributed by atoms with van der Waals surface area (Å²) in [7, 11) is -4.40. The highest BCUT2D eigenvalue weighted by atomic mass is 32.2. The molecule has 0 aliphatic carbocycles. The number of rotatable bonds is 10. The standard InChI is InChI=1S/C25H27N5O6S2/c1-2-29-12-13-30(25(33)24(29)32)15-22(31)26-20(14-17-8-10-19(11-9-17)28-38(34,35)36)21-16-37-23(27-21)18-6-4-3-5-7-18/h3-11,16,20,28H,2,12-15H2,1H3,(H,26,31)(H,34,35,36). The van der Waals surface area contributed by atoms with Crippen molar-refractivity contribution in [2.24, 2.45) is 0 Å². The number of piperazine rings is 1. The van der Waals surface area contributed by atoms with Crippen molar-refractivity contribution in [2.75, 3.05) is 30.9 Å². The highest BCUT2D eigenvalue weighted by Gasteiger charge is 2.33. The lowest BCUT2D eigenvalue weighted by molar-refractivity contribution is -0.156. The van der Waals surface area contributed by atoms with E-state index >= 15 is 0 Å². The first-order valence-electron chi connectivity index (χ1n) is 11.9. The van der Waals surface area contributed by atoms with Crippen molar-refractivity contribution in [3.63, 3.8) is 0 Å². The van der Waals surface area contributed by atoms with Crippen LogP contribution in [0.4, 0.5) is 5.69 Å². The summed E-state index contributed by atoms with van der Waals surface area (Å²) in [5.41, 5.74) is 2.52. The fraction of sp³-hybridized carbons (Fsp3) is 0.280. The van der Waals surface area contributed by atoms with Gasteiger partial charge in [0.15, 0.2) is 0 Å². The molecular formula is C25H27N5O6S2. The first kappa shape index (κ1) is 27.2. The number of likely N-dealkylation sites (N-methyl/N-ethyl adjacent to an activating group) is 1. The van der Waals surface area contributed by atoms with E-state index in [0.717, 1.165) is 16.1 Å².